The smallest absolute Gasteiger partial charge is 0.123 e. The summed E-state index contributed by atoms with van der Waals surface area (Å²) >= 11 is 0. The van der Waals surface area contributed by atoms with Crippen molar-refractivity contribution in [2.75, 3.05) is 0 Å². The van der Waals surface area contributed by atoms with Crippen molar-refractivity contribution < 1.29 is 5.11 Å². The molecule has 0 bridgehead atoms. The lowest BCUT2D eigenvalue weighted by molar-refractivity contribution is 0.481. The highest BCUT2D eigenvalue weighted by Gasteiger charge is 2.09. The number of hydrogen-bond donors (Lipinski definition) is 1. The predicted molar refractivity (Wildman–Crippen MR) is 81.8 cm³/mol. The SMILES string of the molecule is CCC(C)c1cccc2cc3c(O)cccc3cc12. The molecule has 1 heteroatoms. The minimum atomic E-state index is 0.355. The normalized spacial score (nSPS) is 12.9. The molecule has 0 saturated heterocycles. The van der Waals surface area contributed by atoms with Crippen LogP contribution in [0.25, 0.3) is 21.5 Å². The van der Waals surface area contributed by atoms with E-state index in [1.165, 1.54) is 16.3 Å². The fourth-order valence-corrected chi connectivity index (χ4v) is 2.71. The van der Waals surface area contributed by atoms with E-state index < -0.39 is 0 Å². The number of fused-ring (bicyclic) bond motifs is 2. The number of hydrogen-bond acceptors (Lipinski definition) is 1. The van der Waals surface area contributed by atoms with Crippen molar-refractivity contribution >= 4 is 21.5 Å². The Balaban J connectivity index is 2.38. The van der Waals surface area contributed by atoms with Gasteiger partial charge in [-0.25, -0.2) is 0 Å². The molecule has 19 heavy (non-hydrogen) atoms. The van der Waals surface area contributed by atoms with Gasteiger partial charge in [0, 0.05) is 5.39 Å². The molecule has 0 aliphatic heterocycles. The third kappa shape index (κ3) is 1.95. The minimum Gasteiger partial charge on any atom is -0.507 e. The van der Waals surface area contributed by atoms with Crippen LogP contribution in [0.15, 0.2) is 48.5 Å². The number of phenols is 1. The zero-order valence-corrected chi connectivity index (χ0v) is 11.4. The molecule has 0 saturated carbocycles. The molecular formula is C18H18O. The summed E-state index contributed by atoms with van der Waals surface area (Å²) < 4.78 is 0. The number of rotatable bonds is 2. The van der Waals surface area contributed by atoms with Gasteiger partial charge in [-0.3, -0.25) is 0 Å². The molecule has 0 radical (unpaired) electrons. The van der Waals surface area contributed by atoms with Crippen LogP contribution in [0.1, 0.15) is 31.7 Å². The van der Waals surface area contributed by atoms with Gasteiger partial charge in [-0.1, -0.05) is 44.2 Å². The minimum absolute atomic E-state index is 0.355. The summed E-state index contributed by atoms with van der Waals surface area (Å²) in [6, 6.07) is 16.4. The molecule has 3 aromatic rings. The van der Waals surface area contributed by atoms with Crippen LogP contribution >= 0.6 is 0 Å². The Morgan fingerprint density at radius 1 is 0.947 bits per heavy atom. The second-order valence-corrected chi connectivity index (χ2v) is 5.23. The van der Waals surface area contributed by atoms with E-state index in [1.54, 1.807) is 6.07 Å². The molecule has 0 aliphatic rings. The van der Waals surface area contributed by atoms with E-state index in [1.807, 2.05) is 6.07 Å². The van der Waals surface area contributed by atoms with Gasteiger partial charge in [0.05, 0.1) is 0 Å². The molecule has 3 rings (SSSR count). The number of benzene rings is 3. The first-order valence-electron chi connectivity index (χ1n) is 6.85. The Labute approximate surface area is 113 Å². The molecule has 96 valence electrons. The van der Waals surface area contributed by atoms with Crippen LogP contribution in [0.4, 0.5) is 0 Å². The summed E-state index contributed by atoms with van der Waals surface area (Å²) in [5.41, 5.74) is 1.39. The van der Waals surface area contributed by atoms with Gasteiger partial charge >= 0.3 is 0 Å². The second kappa shape index (κ2) is 4.58. The number of aromatic hydroxyl groups is 1. The van der Waals surface area contributed by atoms with E-state index in [0.29, 0.717) is 11.7 Å². The van der Waals surface area contributed by atoms with Crippen LogP contribution in [0.2, 0.25) is 0 Å². The Bertz CT molecular complexity index is 743. The Kier molecular flexibility index (Phi) is 2.90. The van der Waals surface area contributed by atoms with E-state index in [2.05, 4.69) is 50.2 Å². The van der Waals surface area contributed by atoms with Gasteiger partial charge in [-0.15, -0.1) is 0 Å². The fourth-order valence-electron chi connectivity index (χ4n) is 2.71. The van der Waals surface area contributed by atoms with E-state index in [4.69, 9.17) is 0 Å². The van der Waals surface area contributed by atoms with Crippen LogP contribution in [0, 0.1) is 0 Å². The zero-order valence-electron chi connectivity index (χ0n) is 11.4. The topological polar surface area (TPSA) is 20.2 Å². The molecular weight excluding hydrogens is 232 g/mol. The van der Waals surface area contributed by atoms with Gasteiger partial charge in [-0.2, -0.15) is 0 Å². The third-order valence-corrected chi connectivity index (χ3v) is 4.03. The summed E-state index contributed by atoms with van der Waals surface area (Å²) in [4.78, 5) is 0. The summed E-state index contributed by atoms with van der Waals surface area (Å²) in [6.45, 7) is 4.48. The molecule has 1 atom stereocenters. The molecule has 0 spiro atoms. The highest BCUT2D eigenvalue weighted by molar-refractivity contribution is 6.02. The molecule has 1 nitrogen and oxygen atoms in total. The van der Waals surface area contributed by atoms with E-state index in [-0.39, 0.29) is 0 Å². The van der Waals surface area contributed by atoms with Gasteiger partial charge in [0.1, 0.15) is 5.75 Å². The molecule has 0 aromatic heterocycles. The molecule has 1 N–H and O–H groups in total. The largest absolute Gasteiger partial charge is 0.507 e. The Hall–Kier alpha value is -2.02. The summed E-state index contributed by atoms with van der Waals surface area (Å²) in [6.07, 6.45) is 1.14. The lowest BCUT2D eigenvalue weighted by Gasteiger charge is -2.13. The van der Waals surface area contributed by atoms with Gasteiger partial charge in [-0.05, 0) is 52.3 Å². The summed E-state index contributed by atoms with van der Waals surface area (Å²) in [7, 11) is 0. The quantitative estimate of drug-likeness (QED) is 0.619. The lowest BCUT2D eigenvalue weighted by atomic mass is 9.91. The second-order valence-electron chi connectivity index (χ2n) is 5.23. The Morgan fingerprint density at radius 3 is 2.32 bits per heavy atom. The molecule has 0 heterocycles. The maximum Gasteiger partial charge on any atom is 0.123 e. The summed E-state index contributed by atoms with van der Waals surface area (Å²) in [5.74, 6) is 0.909. The van der Waals surface area contributed by atoms with Crippen molar-refractivity contribution in [2.24, 2.45) is 0 Å². The van der Waals surface area contributed by atoms with E-state index >= 15 is 0 Å². The maximum atomic E-state index is 9.96. The lowest BCUT2D eigenvalue weighted by Crippen LogP contribution is -1.92. The zero-order chi connectivity index (χ0) is 13.4. The predicted octanol–water partition coefficient (Wildman–Crippen LogP) is 5.21. The van der Waals surface area contributed by atoms with Crippen molar-refractivity contribution in [2.45, 2.75) is 26.2 Å². The van der Waals surface area contributed by atoms with Crippen LogP contribution in [0.5, 0.6) is 5.75 Å². The fraction of sp³-hybridized carbons (Fsp3) is 0.222. The van der Waals surface area contributed by atoms with Gasteiger partial charge in [0.15, 0.2) is 0 Å². The van der Waals surface area contributed by atoms with Crippen molar-refractivity contribution in [1.29, 1.82) is 0 Å². The number of phenolic OH excluding ortho intramolecular Hbond substituents is 1. The van der Waals surface area contributed by atoms with Crippen molar-refractivity contribution in [3.63, 3.8) is 0 Å². The van der Waals surface area contributed by atoms with Crippen LogP contribution < -0.4 is 0 Å². The standard InChI is InChI=1S/C18H18O/c1-3-12(2)15-8-4-6-13-11-17-14(10-16(13)15)7-5-9-18(17)19/h4-12,19H,3H2,1-2H3. The summed E-state index contributed by atoms with van der Waals surface area (Å²) in [5, 5.41) is 14.5. The van der Waals surface area contributed by atoms with Gasteiger partial charge in [0.2, 0.25) is 0 Å². The van der Waals surface area contributed by atoms with Crippen LogP contribution in [0.3, 0.4) is 0 Å². The average molecular weight is 250 g/mol. The first kappa shape index (κ1) is 12.0. The first-order valence-corrected chi connectivity index (χ1v) is 6.85. The maximum absolute atomic E-state index is 9.96. The highest BCUT2D eigenvalue weighted by atomic mass is 16.3. The first-order chi connectivity index (χ1) is 9.20. The monoisotopic (exact) mass is 250 g/mol. The Morgan fingerprint density at radius 2 is 1.58 bits per heavy atom. The van der Waals surface area contributed by atoms with Gasteiger partial charge in [0.25, 0.3) is 0 Å². The van der Waals surface area contributed by atoms with E-state index in [9.17, 15) is 5.11 Å². The average Bonchev–Trinajstić information content (AvgIpc) is 2.44. The molecule has 0 amide bonds. The van der Waals surface area contributed by atoms with Crippen molar-refractivity contribution in [1.82, 2.24) is 0 Å². The highest BCUT2D eigenvalue weighted by Crippen LogP contribution is 2.33. The molecule has 0 aliphatic carbocycles. The molecule has 0 fully saturated rings. The van der Waals surface area contributed by atoms with E-state index in [0.717, 1.165) is 17.2 Å². The third-order valence-electron chi connectivity index (χ3n) is 4.03. The van der Waals surface area contributed by atoms with Crippen LogP contribution in [-0.2, 0) is 0 Å². The molecule has 3 aromatic carbocycles. The van der Waals surface area contributed by atoms with Crippen LogP contribution in [-0.4, -0.2) is 5.11 Å². The molecule has 1 unspecified atom stereocenters. The van der Waals surface area contributed by atoms with Gasteiger partial charge < -0.3 is 5.11 Å². The van der Waals surface area contributed by atoms with Crippen molar-refractivity contribution in [3.8, 4) is 5.75 Å². The van der Waals surface area contributed by atoms with Crippen molar-refractivity contribution in [3.05, 3.63) is 54.1 Å².